The molecule has 24 heavy (non-hydrogen) atoms. The number of nitrogens with zero attached hydrogens (tertiary/aromatic N) is 3. The van der Waals surface area contributed by atoms with Gasteiger partial charge in [-0.05, 0) is 37.3 Å². The van der Waals surface area contributed by atoms with Crippen molar-refractivity contribution in [3.05, 3.63) is 52.7 Å². The van der Waals surface area contributed by atoms with Crippen molar-refractivity contribution in [1.29, 1.82) is 0 Å². The van der Waals surface area contributed by atoms with E-state index in [1.54, 1.807) is 36.3 Å². The summed E-state index contributed by atoms with van der Waals surface area (Å²) in [6.45, 7) is 2.51. The number of nitrogens with one attached hydrogen (secondary N) is 1. The Balaban J connectivity index is 2.00. The lowest BCUT2D eigenvalue weighted by Crippen LogP contribution is -2.33. The molecular weight excluding hydrogens is 312 g/mol. The molecule has 0 spiro atoms. The van der Waals surface area contributed by atoms with Gasteiger partial charge < -0.3 is 15.0 Å². The summed E-state index contributed by atoms with van der Waals surface area (Å²) in [5, 5.41) is 13.4. The standard InChI is InChI=1S/C16H18N4O4/c1-3-19(15-9-6-13(10-17-15)20(22)23)11-16(21)18-12-4-7-14(24-2)8-5-12/h4-10H,3,11H2,1-2H3,(H,18,21). The number of anilines is 2. The van der Waals surface area contributed by atoms with Crippen LogP contribution in [0.25, 0.3) is 0 Å². The van der Waals surface area contributed by atoms with E-state index in [1.807, 2.05) is 6.92 Å². The molecule has 2 aromatic rings. The third-order valence-corrected chi connectivity index (χ3v) is 3.36. The van der Waals surface area contributed by atoms with Crippen LogP contribution in [-0.2, 0) is 4.79 Å². The van der Waals surface area contributed by atoms with Crippen molar-refractivity contribution in [2.45, 2.75) is 6.92 Å². The maximum absolute atomic E-state index is 12.2. The average Bonchev–Trinajstić information content (AvgIpc) is 2.60. The van der Waals surface area contributed by atoms with Crippen molar-refractivity contribution in [2.75, 3.05) is 30.4 Å². The highest BCUT2D eigenvalue weighted by Gasteiger charge is 2.13. The van der Waals surface area contributed by atoms with Crippen molar-refractivity contribution in [3.63, 3.8) is 0 Å². The van der Waals surface area contributed by atoms with Gasteiger partial charge in [-0.15, -0.1) is 0 Å². The zero-order valence-corrected chi connectivity index (χ0v) is 13.4. The Kier molecular flexibility index (Phi) is 5.67. The van der Waals surface area contributed by atoms with Gasteiger partial charge in [-0.3, -0.25) is 14.9 Å². The summed E-state index contributed by atoms with van der Waals surface area (Å²) in [5.41, 5.74) is 0.575. The zero-order valence-electron chi connectivity index (χ0n) is 13.4. The van der Waals surface area contributed by atoms with E-state index in [4.69, 9.17) is 4.74 Å². The highest BCUT2D eigenvalue weighted by Crippen LogP contribution is 2.17. The molecule has 2 rings (SSSR count). The number of rotatable bonds is 7. The summed E-state index contributed by atoms with van der Waals surface area (Å²) in [7, 11) is 1.57. The Morgan fingerprint density at radius 1 is 1.29 bits per heavy atom. The Morgan fingerprint density at radius 3 is 2.50 bits per heavy atom. The number of carbonyl (C=O) groups is 1. The fourth-order valence-corrected chi connectivity index (χ4v) is 2.08. The fourth-order valence-electron chi connectivity index (χ4n) is 2.08. The van der Waals surface area contributed by atoms with Crippen LogP contribution >= 0.6 is 0 Å². The van der Waals surface area contributed by atoms with Gasteiger partial charge in [0.05, 0.1) is 18.6 Å². The van der Waals surface area contributed by atoms with Gasteiger partial charge in [0.2, 0.25) is 5.91 Å². The first kappa shape index (κ1) is 17.2. The van der Waals surface area contributed by atoms with E-state index >= 15 is 0 Å². The average molecular weight is 330 g/mol. The minimum absolute atomic E-state index is 0.0857. The van der Waals surface area contributed by atoms with E-state index < -0.39 is 4.92 Å². The molecule has 0 aliphatic heterocycles. The first-order chi connectivity index (χ1) is 11.5. The second-order valence-electron chi connectivity index (χ2n) is 4.92. The van der Waals surface area contributed by atoms with Gasteiger partial charge in [0.25, 0.3) is 5.69 Å². The van der Waals surface area contributed by atoms with Crippen LogP contribution < -0.4 is 15.0 Å². The topological polar surface area (TPSA) is 97.6 Å². The minimum Gasteiger partial charge on any atom is -0.497 e. The first-order valence-corrected chi connectivity index (χ1v) is 7.32. The van der Waals surface area contributed by atoms with Gasteiger partial charge in [-0.25, -0.2) is 4.98 Å². The van der Waals surface area contributed by atoms with E-state index in [-0.39, 0.29) is 18.1 Å². The molecule has 1 N–H and O–H groups in total. The lowest BCUT2D eigenvalue weighted by molar-refractivity contribution is -0.385. The lowest BCUT2D eigenvalue weighted by atomic mass is 10.3. The molecule has 0 atom stereocenters. The Labute approximate surface area is 139 Å². The van der Waals surface area contributed by atoms with Crippen LogP contribution in [0, 0.1) is 10.1 Å². The van der Waals surface area contributed by atoms with Crippen molar-refractivity contribution in [2.24, 2.45) is 0 Å². The number of nitro groups is 1. The normalized spacial score (nSPS) is 10.1. The van der Waals surface area contributed by atoms with Gasteiger partial charge in [0.1, 0.15) is 17.8 Å². The number of hydrogen-bond acceptors (Lipinski definition) is 6. The van der Waals surface area contributed by atoms with Crippen LogP contribution in [0.2, 0.25) is 0 Å². The number of methoxy groups -OCH3 is 1. The van der Waals surface area contributed by atoms with Crippen molar-refractivity contribution in [3.8, 4) is 5.75 Å². The second kappa shape index (κ2) is 7.91. The number of pyridine rings is 1. The molecule has 0 unspecified atom stereocenters. The molecule has 0 radical (unpaired) electrons. The molecule has 8 nitrogen and oxygen atoms in total. The van der Waals surface area contributed by atoms with Crippen LogP contribution in [0.5, 0.6) is 5.75 Å². The number of hydrogen-bond donors (Lipinski definition) is 1. The molecule has 0 fully saturated rings. The monoisotopic (exact) mass is 330 g/mol. The predicted molar refractivity (Wildman–Crippen MR) is 90.4 cm³/mol. The maximum atomic E-state index is 12.2. The largest absolute Gasteiger partial charge is 0.497 e. The number of benzene rings is 1. The summed E-state index contributed by atoms with van der Waals surface area (Å²) in [5.74, 6) is 1.01. The summed E-state index contributed by atoms with van der Waals surface area (Å²) in [4.78, 5) is 28.1. The molecular formula is C16H18N4O4. The smallest absolute Gasteiger partial charge is 0.287 e. The molecule has 0 saturated carbocycles. The van der Waals surface area contributed by atoms with E-state index in [9.17, 15) is 14.9 Å². The number of aromatic nitrogens is 1. The fraction of sp³-hybridized carbons (Fsp3) is 0.250. The van der Waals surface area contributed by atoms with Crippen LogP contribution in [0.1, 0.15) is 6.92 Å². The molecule has 1 aromatic carbocycles. The molecule has 0 bridgehead atoms. The SMILES string of the molecule is CCN(CC(=O)Nc1ccc(OC)cc1)c1ccc([N+](=O)[O-])cn1. The predicted octanol–water partition coefficient (Wildman–Crippen LogP) is 2.46. The third kappa shape index (κ3) is 4.42. The highest BCUT2D eigenvalue weighted by molar-refractivity contribution is 5.94. The second-order valence-corrected chi connectivity index (χ2v) is 4.92. The Bertz CT molecular complexity index is 701. The summed E-state index contributed by atoms with van der Waals surface area (Å²) < 4.78 is 5.06. The number of carbonyl (C=O) groups excluding carboxylic acids is 1. The number of amides is 1. The Hall–Kier alpha value is -3.16. The van der Waals surface area contributed by atoms with Crippen LogP contribution in [-0.4, -0.2) is 36.0 Å². The van der Waals surface area contributed by atoms with Crippen molar-refractivity contribution < 1.29 is 14.5 Å². The quantitative estimate of drug-likeness (QED) is 0.618. The van der Waals surface area contributed by atoms with Crippen LogP contribution in [0.15, 0.2) is 42.6 Å². The van der Waals surface area contributed by atoms with Gasteiger partial charge >= 0.3 is 0 Å². The van der Waals surface area contributed by atoms with Crippen molar-refractivity contribution >= 4 is 23.1 Å². The highest BCUT2D eigenvalue weighted by atomic mass is 16.6. The van der Waals surface area contributed by atoms with E-state index in [1.165, 1.54) is 18.3 Å². The van der Waals surface area contributed by atoms with Crippen LogP contribution in [0.3, 0.4) is 0 Å². The molecule has 8 heteroatoms. The van der Waals surface area contributed by atoms with Gasteiger partial charge in [0.15, 0.2) is 0 Å². The molecule has 1 aromatic heterocycles. The van der Waals surface area contributed by atoms with Gasteiger partial charge in [0, 0.05) is 18.3 Å². The van der Waals surface area contributed by atoms with Crippen molar-refractivity contribution in [1.82, 2.24) is 4.98 Å². The molecule has 0 aliphatic rings. The molecule has 1 heterocycles. The molecule has 0 aliphatic carbocycles. The number of ether oxygens (including phenoxy) is 1. The summed E-state index contributed by atoms with van der Waals surface area (Å²) >= 11 is 0. The maximum Gasteiger partial charge on any atom is 0.287 e. The molecule has 0 saturated heterocycles. The third-order valence-electron chi connectivity index (χ3n) is 3.36. The first-order valence-electron chi connectivity index (χ1n) is 7.32. The van der Waals surface area contributed by atoms with Crippen LogP contribution in [0.4, 0.5) is 17.2 Å². The van der Waals surface area contributed by atoms with E-state index in [0.717, 1.165) is 0 Å². The minimum atomic E-state index is -0.510. The van der Waals surface area contributed by atoms with Gasteiger partial charge in [-0.1, -0.05) is 0 Å². The molecule has 126 valence electrons. The summed E-state index contributed by atoms with van der Waals surface area (Å²) in [6, 6.07) is 9.90. The number of likely N-dealkylation sites (N-methyl/N-ethyl adjacent to an activating group) is 1. The molecule has 1 amide bonds. The van der Waals surface area contributed by atoms with E-state index in [2.05, 4.69) is 10.3 Å². The van der Waals surface area contributed by atoms with Gasteiger partial charge in [-0.2, -0.15) is 0 Å². The Morgan fingerprint density at radius 2 is 2.00 bits per heavy atom. The lowest BCUT2D eigenvalue weighted by Gasteiger charge is -2.21. The summed E-state index contributed by atoms with van der Waals surface area (Å²) in [6.07, 6.45) is 1.18. The van der Waals surface area contributed by atoms with E-state index in [0.29, 0.717) is 23.8 Å². The zero-order chi connectivity index (χ0) is 17.5.